The van der Waals surface area contributed by atoms with Crippen LogP contribution in [-0.4, -0.2) is 71.2 Å². The summed E-state index contributed by atoms with van der Waals surface area (Å²) in [6.45, 7) is 0.691. The highest BCUT2D eigenvalue weighted by atomic mass is 32.3. The standard InChI is InChI=1S/C11H15N5O6S/c1-14-5-8(15-3-2-10(13-15)11(12)18)4-9(6-14)16(7-17)22-23(19,20)21/h2-4,7,9H,5-6H2,1H3,(H2,12,18)(H,19,20,21). The maximum absolute atomic E-state index is 11.1. The van der Waals surface area contributed by atoms with E-state index in [2.05, 4.69) is 9.38 Å². The van der Waals surface area contributed by atoms with Crippen molar-refractivity contribution in [2.75, 3.05) is 20.1 Å². The fraction of sp³-hybridized carbons (Fsp3) is 0.364. The molecule has 2 amide bonds. The first-order valence-corrected chi connectivity index (χ1v) is 7.72. The van der Waals surface area contributed by atoms with E-state index in [1.54, 1.807) is 11.9 Å². The topological polar surface area (TPSA) is 148 Å². The Bertz CT molecular complexity index is 742. The third kappa shape index (κ3) is 4.35. The lowest BCUT2D eigenvalue weighted by molar-refractivity contribution is -0.148. The lowest BCUT2D eigenvalue weighted by Crippen LogP contribution is -2.45. The van der Waals surface area contributed by atoms with Crippen LogP contribution in [0.4, 0.5) is 0 Å². The van der Waals surface area contributed by atoms with E-state index < -0.39 is 22.3 Å². The van der Waals surface area contributed by atoms with Gasteiger partial charge in [-0.1, -0.05) is 0 Å². The van der Waals surface area contributed by atoms with Crippen LogP contribution in [0.1, 0.15) is 10.5 Å². The highest BCUT2D eigenvalue weighted by Crippen LogP contribution is 2.17. The second-order valence-electron chi connectivity index (χ2n) is 4.90. The van der Waals surface area contributed by atoms with E-state index in [1.807, 2.05) is 0 Å². The number of rotatable bonds is 6. The van der Waals surface area contributed by atoms with Gasteiger partial charge in [0.25, 0.3) is 5.91 Å². The number of carbonyl (C=O) groups excluding carboxylic acids is 2. The molecule has 126 valence electrons. The maximum atomic E-state index is 11.1. The molecular formula is C11H15N5O6S. The second kappa shape index (κ2) is 6.45. The van der Waals surface area contributed by atoms with Gasteiger partial charge >= 0.3 is 10.4 Å². The Morgan fingerprint density at radius 3 is 2.83 bits per heavy atom. The minimum Gasteiger partial charge on any atom is -0.364 e. The summed E-state index contributed by atoms with van der Waals surface area (Å²) in [7, 11) is -3.10. The molecule has 0 spiro atoms. The predicted octanol–water partition coefficient (Wildman–Crippen LogP) is -1.67. The van der Waals surface area contributed by atoms with Crippen LogP contribution in [-0.2, 0) is 19.5 Å². The minimum absolute atomic E-state index is 0.0668. The molecule has 1 aromatic heterocycles. The van der Waals surface area contributed by atoms with Gasteiger partial charge in [-0.15, -0.1) is 4.28 Å². The fourth-order valence-electron chi connectivity index (χ4n) is 2.17. The third-order valence-electron chi connectivity index (χ3n) is 3.06. The van der Waals surface area contributed by atoms with Crippen molar-refractivity contribution in [1.29, 1.82) is 0 Å². The van der Waals surface area contributed by atoms with E-state index in [4.69, 9.17) is 10.3 Å². The monoisotopic (exact) mass is 345 g/mol. The Morgan fingerprint density at radius 1 is 1.61 bits per heavy atom. The first kappa shape index (κ1) is 17.1. The van der Waals surface area contributed by atoms with Gasteiger partial charge in [0, 0.05) is 19.3 Å². The van der Waals surface area contributed by atoms with Crippen molar-refractivity contribution in [1.82, 2.24) is 19.7 Å². The first-order valence-electron chi connectivity index (χ1n) is 6.35. The molecule has 1 atom stereocenters. The number of hydrogen-bond acceptors (Lipinski definition) is 7. The van der Waals surface area contributed by atoms with Crippen LogP contribution < -0.4 is 5.73 Å². The summed E-state index contributed by atoms with van der Waals surface area (Å²) in [5.74, 6) is -0.686. The molecule has 2 rings (SSSR count). The van der Waals surface area contributed by atoms with Gasteiger partial charge in [0.05, 0.1) is 11.7 Å². The van der Waals surface area contributed by atoms with Gasteiger partial charge in [-0.3, -0.25) is 19.0 Å². The number of aromatic nitrogens is 2. The fourth-order valence-corrected chi connectivity index (χ4v) is 2.53. The highest BCUT2D eigenvalue weighted by molar-refractivity contribution is 7.80. The largest absolute Gasteiger partial charge is 0.418 e. The summed E-state index contributed by atoms with van der Waals surface area (Å²) >= 11 is 0. The Hall–Kier alpha value is -2.28. The number of nitrogens with two attached hydrogens (primary N) is 1. The summed E-state index contributed by atoms with van der Waals surface area (Å²) in [6, 6.07) is 0.642. The van der Waals surface area contributed by atoms with Crippen molar-refractivity contribution < 1.29 is 26.8 Å². The Balaban J connectivity index is 2.30. The van der Waals surface area contributed by atoms with Gasteiger partial charge in [-0.25, -0.2) is 4.68 Å². The van der Waals surface area contributed by atoms with E-state index in [0.717, 1.165) is 0 Å². The first-order chi connectivity index (χ1) is 10.7. The summed E-state index contributed by atoms with van der Waals surface area (Å²) in [4.78, 5) is 23.9. The lowest BCUT2D eigenvalue weighted by atomic mass is 10.1. The second-order valence-corrected chi connectivity index (χ2v) is 5.90. The van der Waals surface area contributed by atoms with Crippen LogP contribution in [0.15, 0.2) is 18.3 Å². The number of likely N-dealkylation sites (N-methyl/N-ethyl adjacent to an activating group) is 1. The lowest BCUT2D eigenvalue weighted by Gasteiger charge is -2.32. The predicted molar refractivity (Wildman–Crippen MR) is 76.8 cm³/mol. The number of carbonyl (C=O) groups is 2. The molecule has 0 aromatic carbocycles. The van der Waals surface area contributed by atoms with Crippen LogP contribution in [0.5, 0.6) is 0 Å². The molecule has 1 aliphatic rings. The molecule has 2 heterocycles. The van der Waals surface area contributed by atoms with E-state index in [1.165, 1.54) is 23.0 Å². The molecule has 1 aromatic rings. The molecule has 1 unspecified atom stereocenters. The SMILES string of the molecule is CN1CC(n2ccc(C(N)=O)n2)=CC(N(C=O)OS(=O)(=O)O)C1. The van der Waals surface area contributed by atoms with Crippen molar-refractivity contribution in [3.8, 4) is 0 Å². The molecule has 0 aliphatic carbocycles. The van der Waals surface area contributed by atoms with Gasteiger partial charge < -0.3 is 5.73 Å². The summed E-state index contributed by atoms with van der Waals surface area (Å²) < 4.78 is 35.9. The van der Waals surface area contributed by atoms with Gasteiger partial charge in [0.1, 0.15) is 5.69 Å². The van der Waals surface area contributed by atoms with Gasteiger partial charge in [-0.05, 0) is 19.2 Å². The Morgan fingerprint density at radius 2 is 2.30 bits per heavy atom. The van der Waals surface area contributed by atoms with Crippen LogP contribution in [0.3, 0.4) is 0 Å². The number of hydroxylamine groups is 2. The quantitative estimate of drug-likeness (QED) is 0.353. The van der Waals surface area contributed by atoms with Gasteiger partial charge in [0.2, 0.25) is 6.41 Å². The number of nitrogens with zero attached hydrogens (tertiary/aromatic N) is 4. The van der Waals surface area contributed by atoms with Crippen LogP contribution in [0.25, 0.3) is 5.70 Å². The van der Waals surface area contributed by atoms with E-state index in [-0.39, 0.29) is 18.6 Å². The van der Waals surface area contributed by atoms with Crippen molar-refractivity contribution in [2.45, 2.75) is 6.04 Å². The van der Waals surface area contributed by atoms with Crippen molar-refractivity contribution in [2.24, 2.45) is 5.73 Å². The van der Waals surface area contributed by atoms with Crippen LogP contribution in [0, 0.1) is 0 Å². The van der Waals surface area contributed by atoms with Crippen LogP contribution >= 0.6 is 0 Å². The zero-order valence-electron chi connectivity index (χ0n) is 12.1. The van der Waals surface area contributed by atoms with Crippen LogP contribution in [0.2, 0.25) is 0 Å². The van der Waals surface area contributed by atoms with E-state index >= 15 is 0 Å². The molecule has 23 heavy (non-hydrogen) atoms. The maximum Gasteiger partial charge on any atom is 0.418 e. The number of hydrogen-bond donors (Lipinski definition) is 2. The average molecular weight is 345 g/mol. The van der Waals surface area contributed by atoms with Crippen molar-refractivity contribution in [3.05, 3.63) is 24.0 Å². The number of primary amides is 1. The number of amides is 2. The Labute approximate surface area is 131 Å². The minimum atomic E-state index is -4.83. The smallest absolute Gasteiger partial charge is 0.364 e. The molecule has 1 aliphatic heterocycles. The zero-order valence-corrected chi connectivity index (χ0v) is 12.9. The Kier molecular flexibility index (Phi) is 4.79. The molecule has 12 heteroatoms. The summed E-state index contributed by atoms with van der Waals surface area (Å²) in [5, 5.41) is 4.47. The molecule has 0 fully saturated rings. The third-order valence-corrected chi connectivity index (χ3v) is 3.42. The molecule has 11 nitrogen and oxygen atoms in total. The molecule has 0 bridgehead atoms. The van der Waals surface area contributed by atoms with Crippen molar-refractivity contribution in [3.63, 3.8) is 0 Å². The van der Waals surface area contributed by atoms with E-state index in [0.29, 0.717) is 17.3 Å². The molecule has 0 saturated heterocycles. The zero-order chi connectivity index (χ0) is 17.2. The summed E-state index contributed by atoms with van der Waals surface area (Å²) in [5.41, 5.74) is 5.77. The summed E-state index contributed by atoms with van der Waals surface area (Å²) in [6.07, 6.45) is 3.19. The van der Waals surface area contributed by atoms with Crippen molar-refractivity contribution >= 4 is 28.4 Å². The molecular weight excluding hydrogens is 330 g/mol. The molecule has 0 saturated carbocycles. The average Bonchev–Trinajstić information content (AvgIpc) is 2.93. The van der Waals surface area contributed by atoms with E-state index in [9.17, 15) is 18.0 Å². The highest BCUT2D eigenvalue weighted by Gasteiger charge is 2.27. The van der Waals surface area contributed by atoms with Gasteiger partial charge in [0.15, 0.2) is 0 Å². The molecule has 0 radical (unpaired) electrons. The van der Waals surface area contributed by atoms with Gasteiger partial charge in [-0.2, -0.15) is 18.6 Å². The molecule has 3 N–H and O–H groups in total. The normalized spacial score (nSPS) is 19.2.